The Labute approximate surface area is 133 Å². The van der Waals surface area contributed by atoms with Crippen molar-refractivity contribution in [2.24, 2.45) is 0 Å². The lowest BCUT2D eigenvalue weighted by molar-refractivity contribution is -0.275. The normalized spacial score (nSPS) is 11.2. The number of halogens is 3. The Hall–Kier alpha value is -1.96. The highest BCUT2D eigenvalue weighted by Gasteiger charge is 2.32. The van der Waals surface area contributed by atoms with Gasteiger partial charge >= 0.3 is 12.4 Å². The molecule has 23 heavy (non-hydrogen) atoms. The van der Waals surface area contributed by atoms with E-state index in [1.807, 2.05) is 6.92 Å². The molecule has 0 heterocycles. The number of hydrogen-bond donors (Lipinski definition) is 1. The SMILES string of the molecule is CCOCCCNC(=O)N(C)Cc1ccccc1OC(F)(F)F. The van der Waals surface area contributed by atoms with Crippen LogP contribution in [-0.4, -0.2) is 44.1 Å². The van der Waals surface area contributed by atoms with Gasteiger partial charge in [-0.1, -0.05) is 18.2 Å². The number of nitrogens with one attached hydrogen (secondary N) is 1. The fourth-order valence-electron chi connectivity index (χ4n) is 1.83. The second-order valence-corrected chi connectivity index (χ2v) is 4.79. The molecule has 0 saturated carbocycles. The minimum atomic E-state index is -4.77. The lowest BCUT2D eigenvalue weighted by Crippen LogP contribution is -2.37. The molecule has 0 fully saturated rings. The lowest BCUT2D eigenvalue weighted by Gasteiger charge is -2.20. The zero-order chi connectivity index (χ0) is 17.3. The number of para-hydroxylation sites is 1. The average Bonchev–Trinajstić information content (AvgIpc) is 2.47. The van der Waals surface area contributed by atoms with Crippen LogP contribution in [-0.2, 0) is 11.3 Å². The summed E-state index contributed by atoms with van der Waals surface area (Å²) in [6.45, 7) is 3.48. The quantitative estimate of drug-likeness (QED) is 0.743. The van der Waals surface area contributed by atoms with Gasteiger partial charge in [-0.3, -0.25) is 0 Å². The van der Waals surface area contributed by atoms with Crippen LogP contribution in [0, 0.1) is 0 Å². The van der Waals surface area contributed by atoms with Gasteiger partial charge in [0.25, 0.3) is 0 Å². The van der Waals surface area contributed by atoms with Crippen molar-refractivity contribution >= 4 is 6.03 Å². The molecule has 0 aliphatic heterocycles. The Bertz CT molecular complexity index is 495. The van der Waals surface area contributed by atoms with E-state index in [1.165, 1.54) is 30.1 Å². The first-order chi connectivity index (χ1) is 10.8. The zero-order valence-electron chi connectivity index (χ0n) is 13.2. The Morgan fingerprint density at radius 1 is 1.30 bits per heavy atom. The van der Waals surface area contributed by atoms with Crippen LogP contribution in [0.4, 0.5) is 18.0 Å². The molecule has 1 N–H and O–H groups in total. The molecule has 5 nitrogen and oxygen atoms in total. The highest BCUT2D eigenvalue weighted by Crippen LogP contribution is 2.26. The number of alkyl halides is 3. The summed E-state index contributed by atoms with van der Waals surface area (Å²) in [6, 6.07) is 5.37. The molecular formula is C15H21F3N2O3. The molecule has 0 saturated heterocycles. The maximum Gasteiger partial charge on any atom is 0.573 e. The molecule has 0 atom stereocenters. The van der Waals surface area contributed by atoms with Crippen LogP contribution in [0.15, 0.2) is 24.3 Å². The number of benzene rings is 1. The number of ether oxygens (including phenoxy) is 2. The summed E-state index contributed by atoms with van der Waals surface area (Å²) < 4.78 is 46.2. The third-order valence-corrected chi connectivity index (χ3v) is 2.90. The van der Waals surface area contributed by atoms with E-state index in [0.29, 0.717) is 26.2 Å². The topological polar surface area (TPSA) is 50.8 Å². The Kier molecular flexibility index (Phi) is 7.67. The fourth-order valence-corrected chi connectivity index (χ4v) is 1.83. The summed E-state index contributed by atoms with van der Waals surface area (Å²) in [5, 5.41) is 2.67. The number of carbonyl (C=O) groups excluding carboxylic acids is 1. The summed E-state index contributed by atoms with van der Waals surface area (Å²) in [5.41, 5.74) is 0.275. The number of hydrogen-bond acceptors (Lipinski definition) is 3. The molecule has 0 unspecified atom stereocenters. The highest BCUT2D eigenvalue weighted by molar-refractivity contribution is 5.73. The van der Waals surface area contributed by atoms with Crippen LogP contribution in [0.3, 0.4) is 0 Å². The molecule has 1 rings (SSSR count). The van der Waals surface area contributed by atoms with E-state index in [-0.39, 0.29) is 23.9 Å². The smallest absolute Gasteiger partial charge is 0.405 e. The third-order valence-electron chi connectivity index (χ3n) is 2.90. The largest absolute Gasteiger partial charge is 0.573 e. The maximum absolute atomic E-state index is 12.4. The molecule has 130 valence electrons. The third kappa shape index (κ3) is 7.73. The molecule has 0 bridgehead atoms. The predicted molar refractivity (Wildman–Crippen MR) is 79.1 cm³/mol. The van der Waals surface area contributed by atoms with Gasteiger partial charge in [-0.2, -0.15) is 0 Å². The van der Waals surface area contributed by atoms with Gasteiger partial charge < -0.3 is 19.7 Å². The maximum atomic E-state index is 12.4. The fraction of sp³-hybridized carbons (Fsp3) is 0.533. The van der Waals surface area contributed by atoms with E-state index < -0.39 is 6.36 Å². The van der Waals surface area contributed by atoms with Crippen LogP contribution in [0.2, 0.25) is 0 Å². The molecule has 0 radical (unpaired) electrons. The van der Waals surface area contributed by atoms with Crippen molar-refractivity contribution in [1.82, 2.24) is 10.2 Å². The van der Waals surface area contributed by atoms with Gasteiger partial charge in [-0.15, -0.1) is 13.2 Å². The van der Waals surface area contributed by atoms with Crippen LogP contribution >= 0.6 is 0 Å². The van der Waals surface area contributed by atoms with Gasteiger partial charge in [0.2, 0.25) is 0 Å². The number of nitrogens with zero attached hydrogens (tertiary/aromatic N) is 1. The van der Waals surface area contributed by atoms with Crippen molar-refractivity contribution in [2.45, 2.75) is 26.3 Å². The second kappa shape index (κ2) is 9.24. The van der Waals surface area contributed by atoms with Crippen LogP contribution in [0.5, 0.6) is 5.75 Å². The minimum absolute atomic E-state index is 0.00352. The van der Waals surface area contributed by atoms with Gasteiger partial charge in [0.1, 0.15) is 5.75 Å². The zero-order valence-corrected chi connectivity index (χ0v) is 13.2. The Morgan fingerprint density at radius 3 is 2.65 bits per heavy atom. The standard InChI is InChI=1S/C15H21F3N2O3/c1-3-22-10-6-9-19-14(21)20(2)11-12-7-4-5-8-13(12)23-15(16,17)18/h4-5,7-8H,3,6,9-11H2,1-2H3,(H,19,21). The van der Waals surface area contributed by atoms with E-state index in [1.54, 1.807) is 6.07 Å². The second-order valence-electron chi connectivity index (χ2n) is 4.79. The first-order valence-corrected chi connectivity index (χ1v) is 7.24. The molecule has 8 heteroatoms. The summed E-state index contributed by atoms with van der Waals surface area (Å²) in [6.07, 6.45) is -4.10. The van der Waals surface area contributed by atoms with Crippen molar-refractivity contribution in [2.75, 3.05) is 26.8 Å². The monoisotopic (exact) mass is 334 g/mol. The summed E-state index contributed by atoms with van der Waals surface area (Å²) in [5.74, 6) is -0.309. The molecule has 2 amide bonds. The number of amides is 2. The van der Waals surface area contributed by atoms with Crippen molar-refractivity contribution in [1.29, 1.82) is 0 Å². The summed E-state index contributed by atoms with van der Waals surface area (Å²) in [4.78, 5) is 13.2. The lowest BCUT2D eigenvalue weighted by atomic mass is 10.2. The predicted octanol–water partition coefficient (Wildman–Crippen LogP) is 3.15. The minimum Gasteiger partial charge on any atom is -0.405 e. The van der Waals surface area contributed by atoms with Crippen molar-refractivity contribution < 1.29 is 27.4 Å². The first kappa shape index (κ1) is 19.1. The van der Waals surface area contributed by atoms with Crippen molar-refractivity contribution in [3.8, 4) is 5.75 Å². The number of urea groups is 1. The molecule has 1 aromatic rings. The molecule has 0 spiro atoms. The van der Waals surface area contributed by atoms with E-state index in [0.717, 1.165) is 0 Å². The number of carbonyl (C=O) groups is 1. The van der Waals surface area contributed by atoms with Crippen molar-refractivity contribution in [3.63, 3.8) is 0 Å². The van der Waals surface area contributed by atoms with Crippen LogP contribution in [0.1, 0.15) is 18.9 Å². The molecular weight excluding hydrogens is 313 g/mol. The van der Waals surface area contributed by atoms with E-state index >= 15 is 0 Å². The highest BCUT2D eigenvalue weighted by atomic mass is 19.4. The van der Waals surface area contributed by atoms with Gasteiger partial charge in [0.05, 0.1) is 6.54 Å². The first-order valence-electron chi connectivity index (χ1n) is 7.24. The van der Waals surface area contributed by atoms with E-state index in [2.05, 4.69) is 10.1 Å². The molecule has 1 aromatic carbocycles. The number of rotatable bonds is 8. The van der Waals surface area contributed by atoms with Gasteiger partial charge in [-0.05, 0) is 19.4 Å². The summed E-state index contributed by atoms with van der Waals surface area (Å²) in [7, 11) is 1.50. The summed E-state index contributed by atoms with van der Waals surface area (Å²) >= 11 is 0. The molecule has 0 aromatic heterocycles. The van der Waals surface area contributed by atoms with Crippen LogP contribution < -0.4 is 10.1 Å². The molecule has 0 aliphatic rings. The average molecular weight is 334 g/mol. The van der Waals surface area contributed by atoms with Crippen LogP contribution in [0.25, 0.3) is 0 Å². The van der Waals surface area contributed by atoms with E-state index in [9.17, 15) is 18.0 Å². The van der Waals surface area contributed by atoms with Gasteiger partial charge in [0, 0.05) is 32.4 Å². The van der Waals surface area contributed by atoms with Gasteiger partial charge in [-0.25, -0.2) is 4.79 Å². The van der Waals surface area contributed by atoms with Gasteiger partial charge in [0.15, 0.2) is 0 Å². The van der Waals surface area contributed by atoms with Crippen molar-refractivity contribution in [3.05, 3.63) is 29.8 Å². The Morgan fingerprint density at radius 2 is 2.00 bits per heavy atom. The van der Waals surface area contributed by atoms with E-state index in [4.69, 9.17) is 4.74 Å². The molecule has 0 aliphatic carbocycles. The Balaban J connectivity index is 2.53.